The molecule has 2 N–H and O–H groups in total. The Morgan fingerprint density at radius 2 is 1.71 bits per heavy atom. The average Bonchev–Trinajstić information content (AvgIpc) is 2.91. The van der Waals surface area contributed by atoms with Crippen LogP contribution in [0, 0.1) is 6.92 Å². The molecule has 2 aromatic carbocycles. The minimum atomic E-state index is -3.47. The van der Waals surface area contributed by atoms with Gasteiger partial charge in [0.15, 0.2) is 0 Å². The number of aryl methyl sites for hydroxylation is 1. The summed E-state index contributed by atoms with van der Waals surface area (Å²) < 4.78 is 27.2. The van der Waals surface area contributed by atoms with E-state index < -0.39 is 10.0 Å². The molecule has 5 heteroatoms. The number of benzene rings is 2. The van der Waals surface area contributed by atoms with Gasteiger partial charge in [0.25, 0.3) is 0 Å². The Hall–Kier alpha value is -1.69. The number of sulfonamides is 1. The quantitative estimate of drug-likeness (QED) is 0.945. The second kappa shape index (κ2) is 5.26. The molecule has 1 heterocycles. The third-order valence-corrected chi connectivity index (χ3v) is 5.86. The maximum Gasteiger partial charge on any atom is 0.243 e. The van der Waals surface area contributed by atoms with Gasteiger partial charge in [-0.3, -0.25) is 0 Å². The molecule has 110 valence electrons. The Balaban J connectivity index is 1.96. The Labute approximate surface area is 125 Å². The molecule has 0 aromatic heterocycles. The molecule has 0 saturated carbocycles. The average molecular weight is 302 g/mol. The molecule has 0 spiro atoms. The predicted octanol–water partition coefficient (Wildman–Crippen LogP) is 2.16. The summed E-state index contributed by atoms with van der Waals surface area (Å²) in [6, 6.07) is 13.1. The van der Waals surface area contributed by atoms with Gasteiger partial charge in [0.1, 0.15) is 0 Å². The molecule has 0 saturated heterocycles. The Morgan fingerprint density at radius 1 is 1.10 bits per heavy atom. The second-order valence-electron chi connectivity index (χ2n) is 5.35. The molecule has 0 atom stereocenters. The monoisotopic (exact) mass is 302 g/mol. The van der Waals surface area contributed by atoms with Crippen LogP contribution in [0.1, 0.15) is 22.3 Å². The molecule has 3 rings (SSSR count). The van der Waals surface area contributed by atoms with E-state index in [1.807, 2.05) is 37.3 Å². The molecule has 1 aliphatic rings. The third-order valence-electron chi connectivity index (χ3n) is 3.90. The largest absolute Gasteiger partial charge is 0.326 e. The van der Waals surface area contributed by atoms with E-state index in [2.05, 4.69) is 0 Å². The highest BCUT2D eigenvalue weighted by Gasteiger charge is 2.31. The van der Waals surface area contributed by atoms with Crippen molar-refractivity contribution < 1.29 is 8.42 Å². The van der Waals surface area contributed by atoms with Gasteiger partial charge in [-0.1, -0.05) is 36.4 Å². The van der Waals surface area contributed by atoms with Crippen LogP contribution in [0.15, 0.2) is 47.4 Å². The fourth-order valence-electron chi connectivity index (χ4n) is 2.74. The van der Waals surface area contributed by atoms with Crippen LogP contribution in [0.4, 0.5) is 0 Å². The van der Waals surface area contributed by atoms with Gasteiger partial charge in [0.2, 0.25) is 10.0 Å². The molecule has 21 heavy (non-hydrogen) atoms. The van der Waals surface area contributed by atoms with Crippen molar-refractivity contribution in [2.45, 2.75) is 31.5 Å². The van der Waals surface area contributed by atoms with Crippen LogP contribution < -0.4 is 5.73 Å². The number of nitrogens with zero attached hydrogens (tertiary/aromatic N) is 1. The van der Waals surface area contributed by atoms with Crippen molar-refractivity contribution in [1.29, 1.82) is 0 Å². The maximum atomic E-state index is 12.8. The van der Waals surface area contributed by atoms with Crippen molar-refractivity contribution in [3.63, 3.8) is 0 Å². The first-order valence-corrected chi connectivity index (χ1v) is 8.33. The molecule has 0 unspecified atom stereocenters. The highest BCUT2D eigenvalue weighted by atomic mass is 32.2. The summed E-state index contributed by atoms with van der Waals surface area (Å²) in [5, 5.41) is 0. The smallest absolute Gasteiger partial charge is 0.243 e. The van der Waals surface area contributed by atoms with Gasteiger partial charge >= 0.3 is 0 Å². The van der Waals surface area contributed by atoms with Gasteiger partial charge in [-0.05, 0) is 35.2 Å². The Bertz CT molecular complexity index is 760. The van der Waals surface area contributed by atoms with E-state index in [1.54, 1.807) is 12.1 Å². The first-order chi connectivity index (χ1) is 10.0. The molecule has 0 bridgehead atoms. The van der Waals surface area contributed by atoms with Crippen LogP contribution in [-0.4, -0.2) is 12.7 Å². The summed E-state index contributed by atoms with van der Waals surface area (Å²) >= 11 is 0. The lowest BCUT2D eigenvalue weighted by Gasteiger charge is -2.17. The van der Waals surface area contributed by atoms with Crippen LogP contribution in [0.25, 0.3) is 0 Å². The fraction of sp³-hybridized carbons (Fsp3) is 0.250. The number of nitrogens with two attached hydrogens (primary N) is 1. The van der Waals surface area contributed by atoms with E-state index in [4.69, 9.17) is 5.73 Å². The normalized spacial score (nSPS) is 15.1. The molecular weight excluding hydrogens is 284 g/mol. The van der Waals surface area contributed by atoms with Gasteiger partial charge in [0, 0.05) is 19.6 Å². The summed E-state index contributed by atoms with van der Waals surface area (Å²) in [5.41, 5.74) is 9.44. The van der Waals surface area contributed by atoms with Crippen LogP contribution in [0.5, 0.6) is 0 Å². The summed E-state index contributed by atoms with van der Waals surface area (Å²) in [7, 11) is -3.47. The number of hydrogen-bond donors (Lipinski definition) is 1. The van der Waals surface area contributed by atoms with Gasteiger partial charge in [-0.2, -0.15) is 4.31 Å². The zero-order valence-corrected chi connectivity index (χ0v) is 12.7. The SMILES string of the molecule is Cc1cc(CN)ccc1S(=O)(=O)N1Cc2ccccc2C1. The molecule has 4 nitrogen and oxygen atoms in total. The minimum Gasteiger partial charge on any atom is -0.326 e. The second-order valence-corrected chi connectivity index (χ2v) is 7.25. The standard InChI is InChI=1S/C16H18N2O2S/c1-12-8-13(9-17)6-7-16(12)21(19,20)18-10-14-4-2-3-5-15(14)11-18/h2-8H,9-11,17H2,1H3. The van der Waals surface area contributed by atoms with E-state index in [0.717, 1.165) is 22.3 Å². The molecular formula is C16H18N2O2S. The van der Waals surface area contributed by atoms with E-state index in [-0.39, 0.29) is 0 Å². The number of hydrogen-bond acceptors (Lipinski definition) is 3. The maximum absolute atomic E-state index is 12.8. The molecule has 0 amide bonds. The highest BCUT2D eigenvalue weighted by Crippen LogP contribution is 2.29. The fourth-order valence-corrected chi connectivity index (χ4v) is 4.34. The first-order valence-electron chi connectivity index (χ1n) is 6.89. The molecule has 0 fully saturated rings. The number of rotatable bonds is 3. The third kappa shape index (κ3) is 2.48. The summed E-state index contributed by atoms with van der Waals surface area (Å²) in [6.45, 7) is 3.11. The van der Waals surface area contributed by atoms with Crippen molar-refractivity contribution in [2.75, 3.05) is 0 Å². The van der Waals surface area contributed by atoms with Crippen LogP contribution in [-0.2, 0) is 29.7 Å². The summed E-state index contributed by atoms with van der Waals surface area (Å²) in [4.78, 5) is 0.368. The Kier molecular flexibility index (Phi) is 3.57. The minimum absolute atomic E-state index is 0.368. The summed E-state index contributed by atoms with van der Waals surface area (Å²) in [5.74, 6) is 0. The van der Waals surface area contributed by atoms with Crippen molar-refractivity contribution in [2.24, 2.45) is 5.73 Å². The topological polar surface area (TPSA) is 63.4 Å². The van der Waals surface area contributed by atoms with Crippen molar-refractivity contribution >= 4 is 10.0 Å². The zero-order valence-electron chi connectivity index (χ0n) is 11.9. The lowest BCUT2D eigenvalue weighted by atomic mass is 10.1. The van der Waals surface area contributed by atoms with E-state index >= 15 is 0 Å². The van der Waals surface area contributed by atoms with Gasteiger partial charge in [0.05, 0.1) is 4.90 Å². The molecule has 0 radical (unpaired) electrons. The van der Waals surface area contributed by atoms with Gasteiger partial charge < -0.3 is 5.73 Å². The first kappa shape index (κ1) is 14.3. The Morgan fingerprint density at radius 3 is 2.24 bits per heavy atom. The van der Waals surface area contributed by atoms with Crippen LogP contribution in [0.3, 0.4) is 0 Å². The predicted molar refractivity (Wildman–Crippen MR) is 81.9 cm³/mol. The lowest BCUT2D eigenvalue weighted by Crippen LogP contribution is -2.26. The highest BCUT2D eigenvalue weighted by molar-refractivity contribution is 7.89. The zero-order chi connectivity index (χ0) is 15.0. The van der Waals surface area contributed by atoms with Crippen molar-refractivity contribution in [1.82, 2.24) is 4.31 Å². The lowest BCUT2D eigenvalue weighted by molar-refractivity contribution is 0.431. The van der Waals surface area contributed by atoms with E-state index in [1.165, 1.54) is 4.31 Å². The van der Waals surface area contributed by atoms with E-state index in [0.29, 0.717) is 24.5 Å². The van der Waals surface area contributed by atoms with Crippen LogP contribution >= 0.6 is 0 Å². The van der Waals surface area contributed by atoms with Gasteiger partial charge in [-0.25, -0.2) is 8.42 Å². The summed E-state index contributed by atoms with van der Waals surface area (Å²) in [6.07, 6.45) is 0. The van der Waals surface area contributed by atoms with Gasteiger partial charge in [-0.15, -0.1) is 0 Å². The molecule has 0 aliphatic carbocycles. The van der Waals surface area contributed by atoms with Crippen LogP contribution in [0.2, 0.25) is 0 Å². The van der Waals surface area contributed by atoms with Crippen molar-refractivity contribution in [3.8, 4) is 0 Å². The van der Waals surface area contributed by atoms with E-state index in [9.17, 15) is 8.42 Å². The molecule has 2 aromatic rings. The molecule has 1 aliphatic heterocycles. The van der Waals surface area contributed by atoms with Crippen molar-refractivity contribution in [3.05, 3.63) is 64.7 Å². The number of fused-ring (bicyclic) bond motifs is 1.